The van der Waals surface area contributed by atoms with Gasteiger partial charge in [-0.05, 0) is 58.2 Å². The lowest BCUT2D eigenvalue weighted by Gasteiger charge is -2.23. The summed E-state index contributed by atoms with van der Waals surface area (Å²) in [4.78, 5) is 16.4. The summed E-state index contributed by atoms with van der Waals surface area (Å²) in [5.41, 5.74) is 1.14. The van der Waals surface area contributed by atoms with Crippen LogP contribution in [0.5, 0.6) is 0 Å². The highest BCUT2D eigenvalue weighted by Gasteiger charge is 2.20. The molecule has 1 aromatic rings. The van der Waals surface area contributed by atoms with Crippen molar-refractivity contribution in [3.05, 3.63) is 29.8 Å². The SMILES string of the molecule is CCNC(=NCC(C)(CC)CO)NCCc1ccc(NC(=O)OC(C)(C)C)cc1.I. The average Bonchev–Trinajstić information content (AvgIpc) is 2.65. The maximum Gasteiger partial charge on any atom is 0.412 e. The Bertz CT molecular complexity index is 653. The van der Waals surface area contributed by atoms with Crippen molar-refractivity contribution in [3.63, 3.8) is 0 Å². The fourth-order valence-corrected chi connectivity index (χ4v) is 2.39. The van der Waals surface area contributed by atoms with Crippen molar-refractivity contribution in [2.45, 2.75) is 60.0 Å². The zero-order valence-corrected chi connectivity index (χ0v) is 21.5. The number of aliphatic imine (C=N–C) groups is 1. The second kappa shape index (κ2) is 13.7. The maximum absolute atomic E-state index is 11.8. The van der Waals surface area contributed by atoms with Gasteiger partial charge >= 0.3 is 6.09 Å². The topological polar surface area (TPSA) is 95.0 Å². The summed E-state index contributed by atoms with van der Waals surface area (Å²) < 4.78 is 5.25. The number of rotatable bonds is 9. The number of amides is 1. The third kappa shape index (κ3) is 11.6. The molecule has 8 heteroatoms. The van der Waals surface area contributed by atoms with Crippen LogP contribution in [0.1, 0.15) is 53.5 Å². The summed E-state index contributed by atoms with van der Waals surface area (Å²) in [7, 11) is 0. The van der Waals surface area contributed by atoms with Crippen molar-refractivity contribution in [1.82, 2.24) is 10.6 Å². The number of hydrogen-bond acceptors (Lipinski definition) is 4. The number of ether oxygens (including phenoxy) is 1. The third-order valence-electron chi connectivity index (χ3n) is 4.50. The number of nitrogens with one attached hydrogen (secondary N) is 3. The molecule has 30 heavy (non-hydrogen) atoms. The highest BCUT2D eigenvalue weighted by Crippen LogP contribution is 2.20. The molecule has 0 bridgehead atoms. The molecular formula is C22H39IN4O3. The average molecular weight is 534 g/mol. The number of guanidine groups is 1. The van der Waals surface area contributed by atoms with Crippen LogP contribution in [0.3, 0.4) is 0 Å². The predicted molar refractivity (Wildman–Crippen MR) is 135 cm³/mol. The zero-order chi connectivity index (χ0) is 21.9. The standard InChI is InChI=1S/C22H38N4O3.HI/c1-7-22(6,16-27)15-25-19(23-8-2)24-14-13-17-9-11-18(12-10-17)26-20(28)29-21(3,4)5;/h9-12,27H,7-8,13-16H2,1-6H3,(H,26,28)(H2,23,24,25);1H. The quantitative estimate of drug-likeness (QED) is 0.217. The fourth-order valence-electron chi connectivity index (χ4n) is 2.39. The highest BCUT2D eigenvalue weighted by molar-refractivity contribution is 14.0. The van der Waals surface area contributed by atoms with Crippen molar-refractivity contribution in [2.24, 2.45) is 10.4 Å². The molecule has 0 saturated carbocycles. The van der Waals surface area contributed by atoms with Crippen LogP contribution >= 0.6 is 24.0 Å². The Labute approximate surface area is 198 Å². The van der Waals surface area contributed by atoms with E-state index in [9.17, 15) is 9.90 Å². The van der Waals surface area contributed by atoms with Gasteiger partial charge in [-0.2, -0.15) is 0 Å². The van der Waals surface area contributed by atoms with Gasteiger partial charge in [0.1, 0.15) is 5.60 Å². The van der Waals surface area contributed by atoms with Gasteiger partial charge in [0.15, 0.2) is 5.96 Å². The van der Waals surface area contributed by atoms with Gasteiger partial charge in [-0.3, -0.25) is 10.3 Å². The molecule has 0 saturated heterocycles. The molecule has 0 aliphatic heterocycles. The van der Waals surface area contributed by atoms with E-state index in [-0.39, 0.29) is 36.0 Å². The number of hydrogen-bond donors (Lipinski definition) is 4. The molecular weight excluding hydrogens is 495 g/mol. The summed E-state index contributed by atoms with van der Waals surface area (Å²) in [6, 6.07) is 7.70. The Morgan fingerprint density at radius 3 is 2.23 bits per heavy atom. The van der Waals surface area contributed by atoms with Gasteiger partial charge in [-0.15, -0.1) is 24.0 Å². The van der Waals surface area contributed by atoms with E-state index < -0.39 is 11.7 Å². The normalized spacial score (nSPS) is 13.6. The molecule has 0 fully saturated rings. The van der Waals surface area contributed by atoms with Gasteiger partial charge in [0, 0.05) is 24.2 Å². The zero-order valence-electron chi connectivity index (χ0n) is 19.2. The predicted octanol–water partition coefficient (Wildman–Crippen LogP) is 4.16. The number of nitrogens with zero attached hydrogens (tertiary/aromatic N) is 1. The molecule has 4 N–H and O–H groups in total. The Morgan fingerprint density at radius 2 is 1.73 bits per heavy atom. The van der Waals surface area contributed by atoms with E-state index in [4.69, 9.17) is 4.74 Å². The van der Waals surface area contributed by atoms with Gasteiger partial charge in [0.2, 0.25) is 0 Å². The van der Waals surface area contributed by atoms with E-state index in [0.29, 0.717) is 12.2 Å². The van der Waals surface area contributed by atoms with Crippen LogP contribution in [0.2, 0.25) is 0 Å². The van der Waals surface area contributed by atoms with E-state index in [1.165, 1.54) is 0 Å². The summed E-state index contributed by atoms with van der Waals surface area (Å²) in [6.07, 6.45) is 1.23. The van der Waals surface area contributed by atoms with E-state index in [0.717, 1.165) is 37.5 Å². The Balaban J connectivity index is 0.00000841. The van der Waals surface area contributed by atoms with Crippen LogP contribution in [0, 0.1) is 5.41 Å². The van der Waals surface area contributed by atoms with Crippen molar-refractivity contribution >= 4 is 41.7 Å². The minimum Gasteiger partial charge on any atom is -0.444 e. The Hall–Kier alpha value is -1.55. The lowest BCUT2D eigenvalue weighted by molar-refractivity contribution is 0.0636. The molecule has 0 aromatic heterocycles. The van der Waals surface area contributed by atoms with E-state index >= 15 is 0 Å². The number of aliphatic hydroxyl groups excluding tert-OH is 1. The van der Waals surface area contributed by atoms with Crippen molar-refractivity contribution in [1.29, 1.82) is 0 Å². The van der Waals surface area contributed by atoms with Crippen molar-refractivity contribution in [2.75, 3.05) is 31.6 Å². The summed E-state index contributed by atoms with van der Waals surface area (Å²) in [5.74, 6) is 0.754. The first kappa shape index (κ1) is 28.5. The molecule has 0 radical (unpaired) electrons. The monoisotopic (exact) mass is 534 g/mol. The second-order valence-electron chi connectivity index (χ2n) is 8.52. The minimum absolute atomic E-state index is 0. The lowest BCUT2D eigenvalue weighted by Crippen LogP contribution is -2.39. The van der Waals surface area contributed by atoms with Crippen LogP contribution in [-0.2, 0) is 11.2 Å². The molecule has 0 aliphatic rings. The number of aliphatic hydroxyl groups is 1. The molecule has 1 unspecified atom stereocenters. The van der Waals surface area contributed by atoms with Crippen LogP contribution < -0.4 is 16.0 Å². The largest absolute Gasteiger partial charge is 0.444 e. The number of carbonyl (C=O) groups excluding carboxylic acids is 1. The minimum atomic E-state index is -0.521. The highest BCUT2D eigenvalue weighted by atomic mass is 127. The molecule has 1 rings (SSSR count). The maximum atomic E-state index is 11.8. The third-order valence-corrected chi connectivity index (χ3v) is 4.50. The van der Waals surface area contributed by atoms with Gasteiger partial charge in [-0.25, -0.2) is 4.79 Å². The van der Waals surface area contributed by atoms with E-state index in [1.807, 2.05) is 58.9 Å². The first-order valence-corrected chi connectivity index (χ1v) is 10.3. The van der Waals surface area contributed by atoms with Gasteiger partial charge in [-0.1, -0.05) is 26.0 Å². The first-order valence-electron chi connectivity index (χ1n) is 10.3. The smallest absolute Gasteiger partial charge is 0.412 e. The van der Waals surface area contributed by atoms with Crippen LogP contribution in [-0.4, -0.2) is 49.0 Å². The summed E-state index contributed by atoms with van der Waals surface area (Å²) in [5, 5.41) is 18.8. The Morgan fingerprint density at radius 1 is 1.10 bits per heavy atom. The Kier molecular flexibility index (Phi) is 13.0. The molecule has 0 aliphatic carbocycles. The van der Waals surface area contributed by atoms with Crippen LogP contribution in [0.25, 0.3) is 0 Å². The second-order valence-corrected chi connectivity index (χ2v) is 8.52. The number of carbonyl (C=O) groups is 1. The van der Waals surface area contributed by atoms with Crippen molar-refractivity contribution < 1.29 is 14.6 Å². The molecule has 0 heterocycles. The van der Waals surface area contributed by atoms with Crippen LogP contribution in [0.15, 0.2) is 29.3 Å². The lowest BCUT2D eigenvalue weighted by atomic mass is 9.89. The summed E-state index contributed by atoms with van der Waals surface area (Å²) in [6.45, 7) is 13.8. The van der Waals surface area contributed by atoms with Gasteiger partial charge in [0.25, 0.3) is 0 Å². The molecule has 1 atom stereocenters. The van der Waals surface area contributed by atoms with Gasteiger partial charge in [0.05, 0.1) is 13.2 Å². The molecule has 1 amide bonds. The number of halogens is 1. The number of benzene rings is 1. The van der Waals surface area contributed by atoms with E-state index in [2.05, 4.69) is 27.9 Å². The van der Waals surface area contributed by atoms with Crippen LogP contribution in [0.4, 0.5) is 10.5 Å². The fraction of sp³-hybridized carbons (Fsp3) is 0.636. The summed E-state index contributed by atoms with van der Waals surface area (Å²) >= 11 is 0. The number of anilines is 1. The van der Waals surface area contributed by atoms with Gasteiger partial charge < -0.3 is 20.5 Å². The molecule has 7 nitrogen and oxygen atoms in total. The molecule has 172 valence electrons. The van der Waals surface area contributed by atoms with Crippen molar-refractivity contribution in [3.8, 4) is 0 Å². The van der Waals surface area contributed by atoms with E-state index in [1.54, 1.807) is 0 Å². The first-order chi connectivity index (χ1) is 13.6. The molecule has 1 aromatic carbocycles. The molecule has 0 spiro atoms.